The zero-order chi connectivity index (χ0) is 19.2. The molecule has 0 bridgehead atoms. The molecule has 0 unspecified atom stereocenters. The van der Waals surface area contributed by atoms with E-state index in [0.717, 1.165) is 11.3 Å². The van der Waals surface area contributed by atoms with Gasteiger partial charge in [0.2, 0.25) is 5.82 Å². The minimum atomic E-state index is -0.515. The second-order valence-corrected chi connectivity index (χ2v) is 5.92. The quantitative estimate of drug-likeness (QED) is 0.360. The molecule has 28 heavy (non-hydrogen) atoms. The van der Waals surface area contributed by atoms with E-state index in [1.54, 1.807) is 0 Å². The number of carbonyl (C=O) groups is 1. The summed E-state index contributed by atoms with van der Waals surface area (Å²) < 4.78 is 5.25. The molecule has 4 rings (SSSR count). The first kappa shape index (κ1) is 17.5. The number of ether oxygens (including phenoxy) is 1. The summed E-state index contributed by atoms with van der Waals surface area (Å²) >= 11 is 0. The summed E-state index contributed by atoms with van der Waals surface area (Å²) in [5.41, 5.74) is 1.84. The van der Waals surface area contributed by atoms with Crippen molar-refractivity contribution in [3.63, 3.8) is 0 Å². The van der Waals surface area contributed by atoms with Crippen LogP contribution in [0.4, 0.5) is 0 Å². The van der Waals surface area contributed by atoms with Crippen molar-refractivity contribution >= 4 is 5.97 Å². The van der Waals surface area contributed by atoms with Crippen LogP contribution in [0.25, 0.3) is 17.1 Å². The monoisotopic (exact) mass is 375 g/mol. The van der Waals surface area contributed by atoms with E-state index in [1.807, 2.05) is 60.7 Å². The van der Waals surface area contributed by atoms with E-state index in [1.165, 1.54) is 15.8 Å². The van der Waals surface area contributed by atoms with Crippen LogP contribution in [-0.2, 0) is 11.3 Å². The van der Waals surface area contributed by atoms with Crippen LogP contribution in [0.1, 0.15) is 16.9 Å². The van der Waals surface area contributed by atoms with Gasteiger partial charge in [0.25, 0.3) is 0 Å². The van der Waals surface area contributed by atoms with Crippen molar-refractivity contribution < 1.29 is 9.53 Å². The molecule has 2 aromatic heterocycles. The molecule has 0 aliphatic heterocycles. The summed E-state index contributed by atoms with van der Waals surface area (Å²) in [4.78, 5) is 15.0. The minimum Gasteiger partial charge on any atom is -0.461 e. The van der Waals surface area contributed by atoms with Crippen LogP contribution in [0.3, 0.4) is 0 Å². The van der Waals surface area contributed by atoms with Crippen LogP contribution >= 0.6 is 0 Å². The first-order chi connectivity index (χ1) is 13.8. The fourth-order valence-electron chi connectivity index (χ4n) is 2.53. The third kappa shape index (κ3) is 4.09. The van der Waals surface area contributed by atoms with Crippen molar-refractivity contribution in [3.8, 4) is 17.1 Å². The number of aromatic nitrogens is 7. The van der Waals surface area contributed by atoms with E-state index in [0.29, 0.717) is 18.8 Å². The number of para-hydroxylation sites is 1. The normalized spacial score (nSPS) is 10.7. The molecule has 140 valence electrons. The summed E-state index contributed by atoms with van der Waals surface area (Å²) in [6.45, 7) is 0.711. The first-order valence-corrected chi connectivity index (χ1v) is 8.78. The number of esters is 1. The van der Waals surface area contributed by atoms with E-state index in [-0.39, 0.29) is 12.3 Å². The number of hydrogen-bond acceptors (Lipinski definition) is 7. The zero-order valence-electron chi connectivity index (χ0n) is 14.9. The molecule has 0 aliphatic rings. The molecule has 4 aromatic rings. The van der Waals surface area contributed by atoms with E-state index in [9.17, 15) is 4.79 Å². The molecule has 2 heterocycles. The predicted octanol–water partition coefficient (Wildman–Crippen LogP) is 2.17. The Labute approximate surface area is 160 Å². The van der Waals surface area contributed by atoms with Crippen LogP contribution in [0.5, 0.6) is 0 Å². The molecule has 0 saturated carbocycles. The predicted molar refractivity (Wildman–Crippen MR) is 99.5 cm³/mol. The molecule has 2 aromatic carbocycles. The lowest BCUT2D eigenvalue weighted by atomic mass is 10.2. The molecule has 0 atom stereocenters. The smallest absolute Gasteiger partial charge is 0.360 e. The number of hydrogen-bond donors (Lipinski definition) is 0. The van der Waals surface area contributed by atoms with Crippen LogP contribution in [-0.4, -0.2) is 47.8 Å². The average Bonchev–Trinajstić information content (AvgIpc) is 3.42. The molecule has 0 saturated heterocycles. The van der Waals surface area contributed by atoms with E-state index >= 15 is 0 Å². The summed E-state index contributed by atoms with van der Waals surface area (Å²) in [6.07, 6.45) is 1.95. The van der Waals surface area contributed by atoms with E-state index in [4.69, 9.17) is 4.74 Å². The highest BCUT2D eigenvalue weighted by molar-refractivity contribution is 5.86. The van der Waals surface area contributed by atoms with Gasteiger partial charge in [0.1, 0.15) is 0 Å². The molecular formula is C19H17N7O2. The number of benzene rings is 2. The Morgan fingerprint density at radius 3 is 2.50 bits per heavy atom. The molecule has 0 aliphatic carbocycles. The zero-order valence-corrected chi connectivity index (χ0v) is 14.9. The topological polar surface area (TPSA) is 101 Å². The third-order valence-corrected chi connectivity index (χ3v) is 3.91. The first-order valence-electron chi connectivity index (χ1n) is 8.78. The highest BCUT2D eigenvalue weighted by Gasteiger charge is 2.13. The highest BCUT2D eigenvalue weighted by atomic mass is 16.5. The Bertz CT molecular complexity index is 1040. The maximum Gasteiger partial charge on any atom is 0.360 e. The van der Waals surface area contributed by atoms with Gasteiger partial charge >= 0.3 is 5.97 Å². The van der Waals surface area contributed by atoms with Gasteiger partial charge in [0.15, 0.2) is 5.69 Å². The third-order valence-electron chi connectivity index (χ3n) is 3.91. The van der Waals surface area contributed by atoms with Gasteiger partial charge in [-0.2, -0.15) is 14.7 Å². The Balaban J connectivity index is 1.26. The molecule has 9 heteroatoms. The standard InChI is InChI=1S/C19H17N7O2/c27-19(17-14-20-26(22-17)16-10-5-2-6-11-16)28-13-7-12-25-23-18(21-24-25)15-8-3-1-4-9-15/h1-6,8-11,14H,7,12-13H2. The summed E-state index contributed by atoms with van der Waals surface area (Å²) in [5.74, 6) is 0.0498. The molecule has 9 nitrogen and oxygen atoms in total. The van der Waals surface area contributed by atoms with Gasteiger partial charge in [0.05, 0.1) is 25.0 Å². The van der Waals surface area contributed by atoms with E-state index in [2.05, 4.69) is 25.6 Å². The fourth-order valence-corrected chi connectivity index (χ4v) is 2.53. The van der Waals surface area contributed by atoms with E-state index < -0.39 is 5.97 Å². The van der Waals surface area contributed by atoms with Crippen LogP contribution in [0.15, 0.2) is 66.9 Å². The second kappa shape index (κ2) is 8.21. The SMILES string of the molecule is O=C(OCCCn1nnc(-c2ccccc2)n1)c1cnn(-c2ccccc2)n1. The molecule has 0 N–H and O–H groups in total. The molecule has 0 spiro atoms. The van der Waals surface area contributed by atoms with Gasteiger partial charge in [-0.1, -0.05) is 48.5 Å². The molecule has 0 radical (unpaired) electrons. The van der Waals surface area contributed by atoms with Gasteiger partial charge in [-0.25, -0.2) is 4.79 Å². The van der Waals surface area contributed by atoms with Gasteiger partial charge in [-0.3, -0.25) is 0 Å². The Kier molecular flexibility index (Phi) is 5.14. The van der Waals surface area contributed by atoms with Crippen LogP contribution < -0.4 is 0 Å². The van der Waals surface area contributed by atoms with Gasteiger partial charge in [0, 0.05) is 12.0 Å². The maximum atomic E-state index is 12.1. The number of nitrogens with zero attached hydrogens (tertiary/aromatic N) is 7. The molecule has 0 amide bonds. The van der Waals surface area contributed by atoms with Gasteiger partial charge in [-0.05, 0) is 17.3 Å². The lowest BCUT2D eigenvalue weighted by Crippen LogP contribution is -2.11. The van der Waals surface area contributed by atoms with Gasteiger partial charge in [-0.15, -0.1) is 15.3 Å². The van der Waals surface area contributed by atoms with Crippen LogP contribution in [0.2, 0.25) is 0 Å². The van der Waals surface area contributed by atoms with Crippen molar-refractivity contribution in [1.29, 1.82) is 0 Å². The largest absolute Gasteiger partial charge is 0.461 e. The second-order valence-electron chi connectivity index (χ2n) is 5.92. The summed E-state index contributed by atoms with van der Waals surface area (Å²) in [6, 6.07) is 19.0. The maximum absolute atomic E-state index is 12.1. The summed E-state index contributed by atoms with van der Waals surface area (Å²) in [7, 11) is 0. The Hall–Kier alpha value is -3.88. The number of tetrazole rings is 1. The minimum absolute atomic E-state index is 0.161. The van der Waals surface area contributed by atoms with Crippen molar-refractivity contribution in [1.82, 2.24) is 35.2 Å². The van der Waals surface area contributed by atoms with Gasteiger partial charge < -0.3 is 4.74 Å². The molecular weight excluding hydrogens is 358 g/mol. The summed E-state index contributed by atoms with van der Waals surface area (Å²) in [5, 5.41) is 20.6. The van der Waals surface area contributed by atoms with Crippen molar-refractivity contribution in [2.75, 3.05) is 6.61 Å². The van der Waals surface area contributed by atoms with Crippen molar-refractivity contribution in [3.05, 3.63) is 72.6 Å². The highest BCUT2D eigenvalue weighted by Crippen LogP contribution is 2.11. The number of carbonyl (C=O) groups excluding carboxylic acids is 1. The number of aryl methyl sites for hydroxylation is 1. The van der Waals surface area contributed by atoms with Crippen molar-refractivity contribution in [2.24, 2.45) is 0 Å². The van der Waals surface area contributed by atoms with Crippen molar-refractivity contribution in [2.45, 2.75) is 13.0 Å². The number of rotatable bonds is 7. The lowest BCUT2D eigenvalue weighted by Gasteiger charge is -2.02. The fraction of sp³-hybridized carbons (Fsp3) is 0.158. The average molecular weight is 375 g/mol. The Morgan fingerprint density at radius 2 is 1.71 bits per heavy atom. The lowest BCUT2D eigenvalue weighted by molar-refractivity contribution is 0.0486. The van der Waals surface area contributed by atoms with Crippen LogP contribution in [0, 0.1) is 0 Å². The molecule has 0 fully saturated rings. The Morgan fingerprint density at radius 1 is 0.964 bits per heavy atom.